The zero-order valence-corrected chi connectivity index (χ0v) is 14.7. The van der Waals surface area contributed by atoms with Crippen LogP contribution in [0.25, 0.3) is 0 Å². The molecule has 128 valence electrons. The summed E-state index contributed by atoms with van der Waals surface area (Å²) in [6.45, 7) is 0. The first-order valence-electron chi connectivity index (χ1n) is 8.31. The van der Waals surface area contributed by atoms with Crippen LogP contribution in [0.4, 0.5) is 0 Å². The molecule has 0 spiro atoms. The highest BCUT2D eigenvalue weighted by molar-refractivity contribution is 6.30. The Balaban J connectivity index is 2.10. The van der Waals surface area contributed by atoms with E-state index in [0.717, 1.165) is 16.7 Å². The van der Waals surface area contributed by atoms with Gasteiger partial charge in [0.2, 0.25) is 0 Å². The largest absolute Gasteiger partial charge is 0.508 e. The van der Waals surface area contributed by atoms with E-state index in [9.17, 15) is 5.11 Å². The molecule has 0 bridgehead atoms. The van der Waals surface area contributed by atoms with Crippen LogP contribution in [0.1, 0.15) is 16.7 Å². The number of rotatable bonds is 4. The maximum Gasteiger partial charge on any atom is 0.121 e. The molecule has 3 aromatic carbocycles. The molecule has 0 aliphatic heterocycles. The molecule has 0 amide bonds. The van der Waals surface area contributed by atoms with Crippen molar-refractivity contribution in [1.82, 2.24) is 9.55 Å². The lowest BCUT2D eigenvalue weighted by atomic mass is 9.76. The maximum atomic E-state index is 9.79. The number of nitrogens with zero attached hydrogens (tertiary/aromatic N) is 2. The maximum absolute atomic E-state index is 9.79. The lowest BCUT2D eigenvalue weighted by Crippen LogP contribution is -2.36. The number of halogens is 1. The summed E-state index contributed by atoms with van der Waals surface area (Å²) in [5.41, 5.74) is 2.53. The second kappa shape index (κ2) is 6.70. The van der Waals surface area contributed by atoms with E-state index in [1.54, 1.807) is 18.3 Å². The van der Waals surface area contributed by atoms with E-state index in [1.165, 1.54) is 0 Å². The molecule has 1 N–H and O–H groups in total. The summed E-state index contributed by atoms with van der Waals surface area (Å²) < 4.78 is 2.08. The molecule has 0 saturated heterocycles. The molecular weight excluding hydrogens is 344 g/mol. The van der Waals surface area contributed by atoms with Gasteiger partial charge in [-0.2, -0.15) is 0 Å². The van der Waals surface area contributed by atoms with Crippen LogP contribution in [-0.4, -0.2) is 14.7 Å². The van der Waals surface area contributed by atoms with E-state index < -0.39 is 5.54 Å². The zero-order chi connectivity index (χ0) is 18.0. The summed E-state index contributed by atoms with van der Waals surface area (Å²) >= 11 is 6.15. The fourth-order valence-electron chi connectivity index (χ4n) is 3.48. The molecule has 4 rings (SSSR count). The van der Waals surface area contributed by atoms with Crippen LogP contribution >= 0.6 is 11.6 Å². The first kappa shape index (κ1) is 16.4. The molecule has 26 heavy (non-hydrogen) atoms. The molecule has 0 aliphatic carbocycles. The van der Waals surface area contributed by atoms with Crippen LogP contribution in [0.5, 0.6) is 5.75 Å². The van der Waals surface area contributed by atoms with Gasteiger partial charge in [0.15, 0.2) is 0 Å². The molecule has 0 saturated carbocycles. The Kier molecular flexibility index (Phi) is 4.23. The normalized spacial score (nSPS) is 13.3. The van der Waals surface area contributed by atoms with Gasteiger partial charge in [-0.1, -0.05) is 66.2 Å². The standard InChI is InChI=1S/C22H17ClN2O/c23-20-10-6-18(7-11-20)22(25-15-14-24-16-25,17-4-2-1-3-5-17)19-8-12-21(26)13-9-19/h1-16,26H. The average molecular weight is 361 g/mol. The highest BCUT2D eigenvalue weighted by Gasteiger charge is 2.38. The van der Waals surface area contributed by atoms with Crippen molar-refractivity contribution < 1.29 is 5.11 Å². The molecule has 3 nitrogen and oxygen atoms in total. The Morgan fingerprint density at radius 2 is 1.35 bits per heavy atom. The van der Waals surface area contributed by atoms with Crippen molar-refractivity contribution in [2.75, 3.05) is 0 Å². The summed E-state index contributed by atoms with van der Waals surface area (Å²) in [4.78, 5) is 4.29. The Hall–Kier alpha value is -3.04. The van der Waals surface area contributed by atoms with Gasteiger partial charge < -0.3 is 9.67 Å². The summed E-state index contributed by atoms with van der Waals surface area (Å²) in [5.74, 6) is 0.234. The van der Waals surface area contributed by atoms with Crippen LogP contribution in [0.15, 0.2) is 97.6 Å². The van der Waals surface area contributed by atoms with E-state index >= 15 is 0 Å². The number of phenols is 1. The third-order valence-corrected chi connectivity index (χ3v) is 4.88. The van der Waals surface area contributed by atoms with Gasteiger partial charge in [0.1, 0.15) is 11.3 Å². The Labute approximate surface area is 157 Å². The molecule has 1 atom stereocenters. The van der Waals surface area contributed by atoms with Crippen molar-refractivity contribution >= 4 is 11.6 Å². The predicted molar refractivity (Wildman–Crippen MR) is 104 cm³/mol. The Morgan fingerprint density at radius 3 is 1.92 bits per heavy atom. The van der Waals surface area contributed by atoms with Gasteiger partial charge in [0.05, 0.1) is 6.33 Å². The monoisotopic (exact) mass is 360 g/mol. The fraction of sp³-hybridized carbons (Fsp3) is 0.0455. The zero-order valence-electron chi connectivity index (χ0n) is 14.0. The molecule has 0 radical (unpaired) electrons. The van der Waals surface area contributed by atoms with Gasteiger partial charge in [0.25, 0.3) is 0 Å². The predicted octanol–water partition coefficient (Wildman–Crippen LogP) is 5.08. The van der Waals surface area contributed by atoms with Crippen LogP contribution in [0.3, 0.4) is 0 Å². The van der Waals surface area contributed by atoms with Crippen molar-refractivity contribution in [3.63, 3.8) is 0 Å². The van der Waals surface area contributed by atoms with Gasteiger partial charge in [-0.25, -0.2) is 4.98 Å². The number of hydrogen-bond acceptors (Lipinski definition) is 2. The minimum Gasteiger partial charge on any atom is -0.508 e. The molecule has 4 heteroatoms. The van der Waals surface area contributed by atoms with Crippen LogP contribution in [0.2, 0.25) is 5.02 Å². The molecule has 4 aromatic rings. The molecule has 1 unspecified atom stereocenters. The smallest absolute Gasteiger partial charge is 0.121 e. The van der Waals surface area contributed by atoms with Crippen molar-refractivity contribution in [1.29, 1.82) is 0 Å². The molecular formula is C22H17ClN2O. The number of hydrogen-bond donors (Lipinski definition) is 1. The minimum absolute atomic E-state index is 0.234. The van der Waals surface area contributed by atoms with E-state index in [-0.39, 0.29) is 5.75 Å². The second-order valence-electron chi connectivity index (χ2n) is 6.10. The summed E-state index contributed by atoms with van der Waals surface area (Å²) in [6, 6.07) is 25.4. The SMILES string of the molecule is Oc1ccc(C(c2ccccc2)(c2ccc(Cl)cc2)n2ccnc2)cc1. The topological polar surface area (TPSA) is 38.0 Å². The highest BCUT2D eigenvalue weighted by atomic mass is 35.5. The molecule has 1 aromatic heterocycles. The van der Waals surface area contributed by atoms with Gasteiger partial charge in [-0.15, -0.1) is 0 Å². The molecule has 0 fully saturated rings. The quantitative estimate of drug-likeness (QED) is 0.515. The minimum atomic E-state index is -0.629. The summed E-state index contributed by atoms with van der Waals surface area (Å²) in [7, 11) is 0. The highest BCUT2D eigenvalue weighted by Crippen LogP contribution is 2.41. The van der Waals surface area contributed by atoms with E-state index in [1.807, 2.05) is 67.1 Å². The molecule has 1 heterocycles. The summed E-state index contributed by atoms with van der Waals surface area (Å²) in [6.07, 6.45) is 5.54. The number of aromatic nitrogens is 2. The first-order valence-corrected chi connectivity index (χ1v) is 8.68. The van der Waals surface area contributed by atoms with Crippen molar-refractivity contribution in [3.05, 3.63) is 119 Å². The Morgan fingerprint density at radius 1 is 0.769 bits per heavy atom. The average Bonchev–Trinajstić information content (AvgIpc) is 3.21. The lowest BCUT2D eigenvalue weighted by Gasteiger charge is -2.37. The van der Waals surface area contributed by atoms with Gasteiger partial charge in [-0.3, -0.25) is 0 Å². The number of phenolic OH excluding ortho intramolecular Hbond substituents is 1. The van der Waals surface area contributed by atoms with E-state index in [4.69, 9.17) is 11.6 Å². The van der Waals surface area contributed by atoms with Crippen molar-refractivity contribution in [2.24, 2.45) is 0 Å². The van der Waals surface area contributed by atoms with Crippen molar-refractivity contribution in [2.45, 2.75) is 5.54 Å². The van der Waals surface area contributed by atoms with Gasteiger partial charge in [-0.05, 0) is 41.0 Å². The molecule has 0 aliphatic rings. The number of aromatic hydroxyl groups is 1. The lowest BCUT2D eigenvalue weighted by molar-refractivity contribution is 0.472. The van der Waals surface area contributed by atoms with Crippen molar-refractivity contribution in [3.8, 4) is 5.75 Å². The van der Waals surface area contributed by atoms with Crippen LogP contribution in [0, 0.1) is 0 Å². The number of imidazole rings is 1. The number of benzene rings is 3. The van der Waals surface area contributed by atoms with Crippen LogP contribution in [-0.2, 0) is 5.54 Å². The fourth-order valence-corrected chi connectivity index (χ4v) is 3.60. The third kappa shape index (κ3) is 2.67. The summed E-state index contributed by atoms with van der Waals surface area (Å²) in [5, 5.41) is 10.5. The van der Waals surface area contributed by atoms with Gasteiger partial charge >= 0.3 is 0 Å². The Bertz CT molecular complexity index is 933. The van der Waals surface area contributed by atoms with Crippen LogP contribution < -0.4 is 0 Å². The first-order chi connectivity index (χ1) is 12.7. The van der Waals surface area contributed by atoms with E-state index in [0.29, 0.717) is 5.02 Å². The van der Waals surface area contributed by atoms with Gasteiger partial charge in [0, 0.05) is 17.4 Å². The second-order valence-corrected chi connectivity index (χ2v) is 6.54. The van der Waals surface area contributed by atoms with E-state index in [2.05, 4.69) is 21.7 Å². The third-order valence-electron chi connectivity index (χ3n) is 4.63.